The van der Waals surface area contributed by atoms with E-state index < -0.39 is 0 Å². The van der Waals surface area contributed by atoms with Gasteiger partial charge in [0.05, 0.1) is 27.4 Å². The molecule has 0 radical (unpaired) electrons. The van der Waals surface area contributed by atoms with Crippen molar-refractivity contribution < 1.29 is 14.3 Å². The van der Waals surface area contributed by atoms with Gasteiger partial charge in [-0.15, -0.1) is 11.8 Å². The van der Waals surface area contributed by atoms with Gasteiger partial charge in [0.1, 0.15) is 0 Å². The summed E-state index contributed by atoms with van der Waals surface area (Å²) in [6, 6.07) is 11.7. The summed E-state index contributed by atoms with van der Waals surface area (Å²) in [6.45, 7) is 4.97. The third kappa shape index (κ3) is 5.10. The van der Waals surface area contributed by atoms with Crippen LogP contribution in [0, 0.1) is 3.57 Å². The van der Waals surface area contributed by atoms with Crippen LogP contribution in [0.4, 0.5) is 5.69 Å². The number of benzene rings is 2. The smallest absolute Gasteiger partial charge is 0.270 e. The van der Waals surface area contributed by atoms with Crippen molar-refractivity contribution in [3.8, 4) is 11.5 Å². The van der Waals surface area contributed by atoms with E-state index in [0.717, 1.165) is 25.5 Å². The van der Waals surface area contributed by atoms with Crippen molar-refractivity contribution in [2.24, 2.45) is 0 Å². The number of hydrogen-bond donors (Lipinski definition) is 0. The van der Waals surface area contributed by atoms with Crippen LogP contribution in [0.1, 0.15) is 19.4 Å². The number of nitrogens with zero attached hydrogens (tertiary/aromatic N) is 1. The molecule has 0 spiro atoms. The first kappa shape index (κ1) is 22.5. The molecule has 0 bridgehead atoms. The first-order valence-electron chi connectivity index (χ1n) is 8.99. The third-order valence-electron chi connectivity index (χ3n) is 4.02. The monoisotopic (exact) mass is 557 g/mol. The minimum atomic E-state index is -0.111. The van der Waals surface area contributed by atoms with E-state index in [2.05, 4.69) is 22.6 Å². The molecule has 1 saturated heterocycles. The SMILES string of the molecule is CCOc1cc(/C=C2/SC(=S)N(c3cccc(SC)c3)C2=O)cc(I)c1OCC. The number of rotatable bonds is 7. The van der Waals surface area contributed by atoms with Gasteiger partial charge in [0, 0.05) is 4.90 Å². The second-order valence-electron chi connectivity index (χ2n) is 5.91. The van der Waals surface area contributed by atoms with Crippen LogP contribution in [0.25, 0.3) is 6.08 Å². The van der Waals surface area contributed by atoms with Gasteiger partial charge in [-0.05, 0) is 84.7 Å². The average Bonchev–Trinajstić information content (AvgIpc) is 2.98. The van der Waals surface area contributed by atoms with E-state index in [1.54, 1.807) is 16.7 Å². The predicted octanol–water partition coefficient (Wildman–Crippen LogP) is 6.22. The molecule has 0 atom stereocenters. The van der Waals surface area contributed by atoms with E-state index in [4.69, 9.17) is 21.7 Å². The molecular formula is C21H20INO3S3. The molecule has 2 aromatic carbocycles. The fraction of sp³-hybridized carbons (Fsp3) is 0.238. The van der Waals surface area contributed by atoms with Crippen LogP contribution in [0.3, 0.4) is 0 Å². The van der Waals surface area contributed by atoms with Gasteiger partial charge in [0.15, 0.2) is 15.8 Å². The molecule has 1 fully saturated rings. The molecule has 0 aromatic heterocycles. The molecular weight excluding hydrogens is 537 g/mol. The zero-order chi connectivity index (χ0) is 21.0. The molecule has 0 unspecified atom stereocenters. The Kier molecular flexibility index (Phi) is 7.89. The lowest BCUT2D eigenvalue weighted by Gasteiger charge is -2.15. The van der Waals surface area contributed by atoms with E-state index in [0.29, 0.717) is 28.2 Å². The number of halogens is 1. The highest BCUT2D eigenvalue weighted by molar-refractivity contribution is 14.1. The quantitative estimate of drug-likeness (QED) is 0.174. The first-order valence-corrected chi connectivity index (χ1v) is 12.5. The number of hydrogen-bond acceptors (Lipinski definition) is 6. The van der Waals surface area contributed by atoms with E-state index >= 15 is 0 Å². The van der Waals surface area contributed by atoms with Crippen molar-refractivity contribution >= 4 is 80.3 Å². The molecule has 8 heteroatoms. The van der Waals surface area contributed by atoms with Crippen LogP contribution < -0.4 is 14.4 Å². The summed E-state index contributed by atoms with van der Waals surface area (Å²) in [5, 5.41) is 0. The molecule has 4 nitrogen and oxygen atoms in total. The number of carbonyl (C=O) groups is 1. The zero-order valence-corrected chi connectivity index (χ0v) is 20.8. The molecule has 1 aliphatic rings. The summed E-state index contributed by atoms with van der Waals surface area (Å²) in [7, 11) is 0. The zero-order valence-electron chi connectivity index (χ0n) is 16.2. The molecule has 0 saturated carbocycles. The van der Waals surface area contributed by atoms with Gasteiger partial charge in [-0.1, -0.05) is 30.0 Å². The Hall–Kier alpha value is -1.23. The summed E-state index contributed by atoms with van der Waals surface area (Å²) in [6.07, 6.45) is 3.87. The number of carbonyl (C=O) groups excluding carboxylic acids is 1. The molecule has 0 aliphatic carbocycles. The van der Waals surface area contributed by atoms with Gasteiger partial charge in [0.2, 0.25) is 0 Å². The molecule has 3 rings (SSSR count). The summed E-state index contributed by atoms with van der Waals surface area (Å²) in [5.74, 6) is 1.30. The van der Waals surface area contributed by atoms with Crippen LogP contribution >= 0.6 is 58.3 Å². The lowest BCUT2D eigenvalue weighted by atomic mass is 10.1. The Morgan fingerprint density at radius 3 is 2.66 bits per heavy atom. The van der Waals surface area contributed by atoms with E-state index in [1.165, 1.54) is 11.8 Å². The molecule has 152 valence electrons. The third-order valence-corrected chi connectivity index (χ3v) is 6.85. The summed E-state index contributed by atoms with van der Waals surface area (Å²) in [5.41, 5.74) is 1.67. The second-order valence-corrected chi connectivity index (χ2v) is 9.63. The van der Waals surface area contributed by atoms with Crippen LogP contribution in [0.15, 0.2) is 46.2 Å². The normalized spacial score (nSPS) is 15.3. The van der Waals surface area contributed by atoms with Crippen LogP contribution in [-0.4, -0.2) is 29.7 Å². The number of thioether (sulfide) groups is 2. The summed E-state index contributed by atoms with van der Waals surface area (Å²) >= 11 is 10.7. The Bertz CT molecular complexity index is 978. The highest BCUT2D eigenvalue weighted by Gasteiger charge is 2.33. The van der Waals surface area contributed by atoms with Crippen LogP contribution in [0.2, 0.25) is 0 Å². The number of thiocarbonyl (C=S) groups is 1. The van der Waals surface area contributed by atoms with Gasteiger partial charge >= 0.3 is 0 Å². The van der Waals surface area contributed by atoms with Gasteiger partial charge in [-0.25, -0.2) is 0 Å². The van der Waals surface area contributed by atoms with Crippen molar-refractivity contribution in [1.82, 2.24) is 0 Å². The average molecular weight is 558 g/mol. The Labute approximate surface area is 198 Å². The lowest BCUT2D eigenvalue weighted by Crippen LogP contribution is -2.27. The fourth-order valence-corrected chi connectivity index (χ4v) is 5.34. The first-order chi connectivity index (χ1) is 14.0. The van der Waals surface area contributed by atoms with Crippen molar-refractivity contribution in [3.63, 3.8) is 0 Å². The highest BCUT2D eigenvalue weighted by Crippen LogP contribution is 2.39. The highest BCUT2D eigenvalue weighted by atomic mass is 127. The minimum absolute atomic E-state index is 0.111. The molecule has 2 aromatic rings. The molecule has 0 N–H and O–H groups in total. The van der Waals surface area contributed by atoms with E-state index in [-0.39, 0.29) is 5.91 Å². The standard InChI is InChI=1S/C21H20INO3S3/c1-4-25-17-10-13(9-16(22)19(17)26-5-2)11-18-20(24)23(21(27)29-18)14-7-6-8-15(12-14)28-3/h6-12H,4-5H2,1-3H3/b18-11+. The van der Waals surface area contributed by atoms with Crippen LogP contribution in [-0.2, 0) is 4.79 Å². The molecule has 29 heavy (non-hydrogen) atoms. The largest absolute Gasteiger partial charge is 0.490 e. The maximum atomic E-state index is 13.1. The molecule has 1 heterocycles. The predicted molar refractivity (Wildman–Crippen MR) is 135 cm³/mol. The maximum absolute atomic E-state index is 13.1. The Morgan fingerprint density at radius 1 is 1.21 bits per heavy atom. The van der Waals surface area contributed by atoms with Crippen molar-refractivity contribution in [2.45, 2.75) is 18.7 Å². The topological polar surface area (TPSA) is 38.8 Å². The van der Waals surface area contributed by atoms with E-state index in [1.807, 2.05) is 62.6 Å². The molecule has 1 aliphatic heterocycles. The molecule has 1 amide bonds. The minimum Gasteiger partial charge on any atom is -0.490 e. The number of amides is 1. The Morgan fingerprint density at radius 2 is 1.97 bits per heavy atom. The van der Waals surface area contributed by atoms with Crippen molar-refractivity contribution in [3.05, 3.63) is 50.4 Å². The fourth-order valence-electron chi connectivity index (χ4n) is 2.81. The van der Waals surface area contributed by atoms with Gasteiger partial charge in [0.25, 0.3) is 5.91 Å². The Balaban J connectivity index is 1.95. The van der Waals surface area contributed by atoms with Crippen molar-refractivity contribution in [2.75, 3.05) is 24.4 Å². The van der Waals surface area contributed by atoms with Crippen LogP contribution in [0.5, 0.6) is 11.5 Å². The van der Waals surface area contributed by atoms with Gasteiger partial charge < -0.3 is 9.47 Å². The number of anilines is 1. The van der Waals surface area contributed by atoms with E-state index in [9.17, 15) is 4.79 Å². The number of ether oxygens (including phenoxy) is 2. The van der Waals surface area contributed by atoms with Crippen molar-refractivity contribution in [1.29, 1.82) is 0 Å². The van der Waals surface area contributed by atoms with Gasteiger partial charge in [-0.3, -0.25) is 9.69 Å². The lowest BCUT2D eigenvalue weighted by molar-refractivity contribution is -0.113. The summed E-state index contributed by atoms with van der Waals surface area (Å²) in [4.78, 5) is 16.3. The maximum Gasteiger partial charge on any atom is 0.270 e. The van der Waals surface area contributed by atoms with Gasteiger partial charge in [-0.2, -0.15) is 0 Å². The summed E-state index contributed by atoms with van der Waals surface area (Å²) < 4.78 is 12.9. The second kappa shape index (κ2) is 10.2.